The number of anilines is 1. The van der Waals surface area contributed by atoms with E-state index in [1.54, 1.807) is 24.3 Å². The zero-order valence-corrected chi connectivity index (χ0v) is 10.3. The van der Waals surface area contributed by atoms with Gasteiger partial charge in [0.1, 0.15) is 17.9 Å². The molecule has 7 heteroatoms. The maximum absolute atomic E-state index is 11.5. The van der Waals surface area contributed by atoms with Gasteiger partial charge < -0.3 is 15.8 Å². The fourth-order valence-corrected chi connectivity index (χ4v) is 1.48. The maximum Gasteiger partial charge on any atom is 0.257 e. The summed E-state index contributed by atoms with van der Waals surface area (Å²) in [6.07, 6.45) is 2.03. The molecule has 0 saturated carbocycles. The average molecular weight is 261 g/mol. The van der Waals surface area contributed by atoms with E-state index < -0.39 is 0 Å². The largest absolute Gasteiger partial charge is 0.484 e. The SMILES string of the molecule is Nc1cccc(OCC(=O)NCCc2ncn[nH]2)c1. The maximum atomic E-state index is 11.5. The molecule has 7 nitrogen and oxygen atoms in total. The Hall–Kier alpha value is -2.57. The molecule has 1 aromatic heterocycles. The van der Waals surface area contributed by atoms with Crippen molar-refractivity contribution in [2.24, 2.45) is 0 Å². The van der Waals surface area contributed by atoms with Gasteiger partial charge in [0.25, 0.3) is 5.91 Å². The Kier molecular flexibility index (Phi) is 4.33. The van der Waals surface area contributed by atoms with Crippen LogP contribution in [0.3, 0.4) is 0 Å². The summed E-state index contributed by atoms with van der Waals surface area (Å²) in [6, 6.07) is 6.94. The first-order valence-electron chi connectivity index (χ1n) is 5.83. The first kappa shape index (κ1) is 12.9. The quantitative estimate of drug-likeness (QED) is 0.641. The predicted octanol–water partition coefficient (Wildman–Crippen LogP) is 0.125. The van der Waals surface area contributed by atoms with Gasteiger partial charge in [0.05, 0.1) is 0 Å². The van der Waals surface area contributed by atoms with E-state index in [9.17, 15) is 4.79 Å². The Balaban J connectivity index is 1.67. The minimum absolute atomic E-state index is 0.0418. The van der Waals surface area contributed by atoms with Gasteiger partial charge in [-0.1, -0.05) is 6.07 Å². The fourth-order valence-electron chi connectivity index (χ4n) is 1.48. The van der Waals surface area contributed by atoms with Crippen molar-refractivity contribution in [1.82, 2.24) is 20.5 Å². The molecule has 0 aliphatic rings. The van der Waals surface area contributed by atoms with Crippen LogP contribution in [-0.4, -0.2) is 34.2 Å². The summed E-state index contributed by atoms with van der Waals surface area (Å²) < 4.78 is 5.31. The van der Waals surface area contributed by atoms with Gasteiger partial charge in [-0.15, -0.1) is 0 Å². The number of ether oxygens (including phenoxy) is 1. The van der Waals surface area contributed by atoms with Crippen LogP contribution in [-0.2, 0) is 11.2 Å². The summed E-state index contributed by atoms with van der Waals surface area (Å²) in [4.78, 5) is 15.5. The van der Waals surface area contributed by atoms with E-state index >= 15 is 0 Å². The number of aromatic amines is 1. The molecule has 0 atom stereocenters. The molecule has 0 radical (unpaired) electrons. The smallest absolute Gasteiger partial charge is 0.257 e. The molecule has 2 aromatic rings. The number of hydrogen-bond acceptors (Lipinski definition) is 5. The molecule has 0 spiro atoms. The highest BCUT2D eigenvalue weighted by Crippen LogP contribution is 2.13. The van der Waals surface area contributed by atoms with E-state index in [0.29, 0.717) is 24.4 Å². The predicted molar refractivity (Wildman–Crippen MR) is 69.4 cm³/mol. The van der Waals surface area contributed by atoms with Crippen molar-refractivity contribution in [2.75, 3.05) is 18.9 Å². The van der Waals surface area contributed by atoms with Crippen LogP contribution in [0, 0.1) is 0 Å². The van der Waals surface area contributed by atoms with E-state index in [1.165, 1.54) is 6.33 Å². The summed E-state index contributed by atoms with van der Waals surface area (Å²) in [5, 5.41) is 9.16. The van der Waals surface area contributed by atoms with Crippen LogP contribution in [0.25, 0.3) is 0 Å². The Morgan fingerprint density at radius 3 is 3.11 bits per heavy atom. The zero-order valence-electron chi connectivity index (χ0n) is 10.3. The van der Waals surface area contributed by atoms with Gasteiger partial charge in [-0.3, -0.25) is 9.89 Å². The molecule has 0 saturated heterocycles. The third-order valence-corrected chi connectivity index (χ3v) is 2.38. The number of H-pyrrole nitrogens is 1. The number of rotatable bonds is 6. The van der Waals surface area contributed by atoms with Crippen LogP contribution in [0.4, 0.5) is 5.69 Å². The molecule has 1 amide bonds. The third-order valence-electron chi connectivity index (χ3n) is 2.38. The lowest BCUT2D eigenvalue weighted by molar-refractivity contribution is -0.123. The van der Waals surface area contributed by atoms with Gasteiger partial charge in [-0.25, -0.2) is 4.98 Å². The third kappa shape index (κ3) is 4.30. The molecule has 1 aromatic carbocycles. The number of carbonyl (C=O) groups is 1. The van der Waals surface area contributed by atoms with Gasteiger partial charge in [0, 0.05) is 24.7 Å². The first-order valence-corrected chi connectivity index (χ1v) is 5.83. The standard InChI is InChI=1S/C12H15N5O2/c13-9-2-1-3-10(6-9)19-7-12(18)14-5-4-11-15-8-16-17-11/h1-3,6,8H,4-5,7,13H2,(H,14,18)(H,15,16,17). The van der Waals surface area contributed by atoms with Gasteiger partial charge >= 0.3 is 0 Å². The zero-order chi connectivity index (χ0) is 13.5. The molecule has 0 aliphatic carbocycles. The van der Waals surface area contributed by atoms with Crippen LogP contribution in [0.5, 0.6) is 5.75 Å². The fraction of sp³-hybridized carbons (Fsp3) is 0.250. The van der Waals surface area contributed by atoms with E-state index in [4.69, 9.17) is 10.5 Å². The van der Waals surface area contributed by atoms with Crippen LogP contribution in [0.15, 0.2) is 30.6 Å². The molecule has 1 heterocycles. The highest BCUT2D eigenvalue weighted by atomic mass is 16.5. The minimum atomic E-state index is -0.193. The Labute approximate surface area is 110 Å². The number of hydrogen-bond donors (Lipinski definition) is 3. The van der Waals surface area contributed by atoms with Crippen molar-refractivity contribution in [3.8, 4) is 5.75 Å². The first-order chi connectivity index (χ1) is 9.24. The van der Waals surface area contributed by atoms with Crippen LogP contribution in [0.1, 0.15) is 5.82 Å². The van der Waals surface area contributed by atoms with Crippen molar-refractivity contribution in [3.63, 3.8) is 0 Å². The van der Waals surface area contributed by atoms with Crippen molar-refractivity contribution in [1.29, 1.82) is 0 Å². The van der Waals surface area contributed by atoms with Gasteiger partial charge in [-0.05, 0) is 12.1 Å². The molecular weight excluding hydrogens is 246 g/mol. The Morgan fingerprint density at radius 2 is 2.37 bits per heavy atom. The molecule has 19 heavy (non-hydrogen) atoms. The van der Waals surface area contributed by atoms with Crippen LogP contribution >= 0.6 is 0 Å². The topological polar surface area (TPSA) is 106 Å². The molecule has 0 unspecified atom stereocenters. The number of nitrogens with zero attached hydrogens (tertiary/aromatic N) is 2. The highest BCUT2D eigenvalue weighted by molar-refractivity contribution is 5.77. The van der Waals surface area contributed by atoms with E-state index in [-0.39, 0.29) is 12.5 Å². The average Bonchev–Trinajstić information content (AvgIpc) is 2.90. The minimum Gasteiger partial charge on any atom is -0.484 e. The Bertz CT molecular complexity index is 527. The number of carbonyl (C=O) groups excluding carboxylic acids is 1. The van der Waals surface area contributed by atoms with Crippen molar-refractivity contribution in [2.45, 2.75) is 6.42 Å². The summed E-state index contributed by atoms with van der Waals surface area (Å²) in [7, 11) is 0. The molecule has 100 valence electrons. The molecule has 2 rings (SSSR count). The second-order valence-electron chi connectivity index (χ2n) is 3.89. The number of nitrogens with two attached hydrogens (primary N) is 1. The number of aromatic nitrogens is 3. The van der Waals surface area contributed by atoms with Crippen LogP contribution in [0.2, 0.25) is 0 Å². The highest BCUT2D eigenvalue weighted by Gasteiger charge is 2.03. The van der Waals surface area contributed by atoms with E-state index in [1.807, 2.05) is 0 Å². The van der Waals surface area contributed by atoms with Crippen molar-refractivity contribution < 1.29 is 9.53 Å². The van der Waals surface area contributed by atoms with Crippen molar-refractivity contribution >= 4 is 11.6 Å². The number of amides is 1. The number of benzene rings is 1. The second kappa shape index (κ2) is 6.39. The summed E-state index contributed by atoms with van der Waals surface area (Å²) >= 11 is 0. The summed E-state index contributed by atoms with van der Waals surface area (Å²) in [6.45, 7) is 0.439. The summed E-state index contributed by atoms with van der Waals surface area (Å²) in [5.41, 5.74) is 6.20. The van der Waals surface area contributed by atoms with Gasteiger partial charge in [0.15, 0.2) is 6.61 Å². The van der Waals surface area contributed by atoms with Gasteiger partial charge in [0.2, 0.25) is 0 Å². The Morgan fingerprint density at radius 1 is 1.47 bits per heavy atom. The lowest BCUT2D eigenvalue weighted by Crippen LogP contribution is -2.30. The molecule has 0 fully saturated rings. The summed E-state index contributed by atoms with van der Waals surface area (Å²) in [5.74, 6) is 1.12. The van der Waals surface area contributed by atoms with E-state index in [2.05, 4.69) is 20.5 Å². The van der Waals surface area contributed by atoms with Crippen LogP contribution < -0.4 is 15.8 Å². The molecule has 0 aliphatic heterocycles. The van der Waals surface area contributed by atoms with E-state index in [0.717, 1.165) is 5.82 Å². The molecule has 0 bridgehead atoms. The normalized spacial score (nSPS) is 10.1. The lowest BCUT2D eigenvalue weighted by atomic mass is 10.3. The number of nitrogens with one attached hydrogen (secondary N) is 2. The van der Waals surface area contributed by atoms with Crippen molar-refractivity contribution in [3.05, 3.63) is 36.4 Å². The molecule has 4 N–H and O–H groups in total. The molecular formula is C12H15N5O2. The monoisotopic (exact) mass is 261 g/mol. The van der Waals surface area contributed by atoms with Gasteiger partial charge in [-0.2, -0.15) is 5.10 Å². The number of nitrogen functional groups attached to an aromatic ring is 1. The lowest BCUT2D eigenvalue weighted by Gasteiger charge is -2.07. The second-order valence-corrected chi connectivity index (χ2v) is 3.89.